The molecule has 0 unspecified atom stereocenters. The molecule has 0 atom stereocenters. The summed E-state index contributed by atoms with van der Waals surface area (Å²) in [6.45, 7) is 7.39. The van der Waals surface area contributed by atoms with Crippen molar-refractivity contribution in [2.45, 2.75) is 51.5 Å². The predicted octanol–water partition coefficient (Wildman–Crippen LogP) is 2.37. The van der Waals surface area contributed by atoms with E-state index in [-0.39, 0.29) is 0 Å². The smallest absolute Gasteiger partial charge is 0.0701 e. The average Bonchev–Trinajstić information content (AvgIpc) is 2.46. The van der Waals surface area contributed by atoms with Gasteiger partial charge in [-0.1, -0.05) is 26.2 Å². The Hall–Kier alpha value is -0.160. The lowest BCUT2D eigenvalue weighted by Gasteiger charge is -2.22. The van der Waals surface area contributed by atoms with Gasteiger partial charge in [-0.15, -0.1) is 0 Å². The van der Waals surface area contributed by atoms with E-state index in [2.05, 4.69) is 12.2 Å². The third-order valence-electron chi connectivity index (χ3n) is 3.38. The zero-order valence-electron chi connectivity index (χ0n) is 12.5. The Morgan fingerprint density at radius 3 is 2.00 bits per heavy atom. The topological polar surface area (TPSA) is 39.7 Å². The summed E-state index contributed by atoms with van der Waals surface area (Å²) >= 11 is 0. The SMILES string of the molecule is CCCOCCOCCOCCNC1CCCCC1. The van der Waals surface area contributed by atoms with Crippen LogP contribution in [0.2, 0.25) is 0 Å². The van der Waals surface area contributed by atoms with Gasteiger partial charge in [-0.3, -0.25) is 0 Å². The molecule has 0 aromatic rings. The monoisotopic (exact) mass is 273 g/mol. The fourth-order valence-electron chi connectivity index (χ4n) is 2.33. The first-order valence-corrected chi connectivity index (χ1v) is 7.90. The highest BCUT2D eigenvalue weighted by Gasteiger charge is 2.11. The second kappa shape index (κ2) is 12.9. The molecule has 4 heteroatoms. The minimum Gasteiger partial charge on any atom is -0.379 e. The van der Waals surface area contributed by atoms with Gasteiger partial charge in [-0.05, 0) is 19.3 Å². The van der Waals surface area contributed by atoms with Crippen LogP contribution in [0.4, 0.5) is 0 Å². The summed E-state index contributed by atoms with van der Waals surface area (Å²) in [7, 11) is 0. The van der Waals surface area contributed by atoms with E-state index in [0.717, 1.165) is 32.2 Å². The van der Waals surface area contributed by atoms with Crippen molar-refractivity contribution in [2.75, 3.05) is 46.2 Å². The molecule has 0 saturated heterocycles. The zero-order chi connectivity index (χ0) is 13.6. The van der Waals surface area contributed by atoms with Gasteiger partial charge in [-0.25, -0.2) is 0 Å². The van der Waals surface area contributed by atoms with Crippen LogP contribution < -0.4 is 5.32 Å². The van der Waals surface area contributed by atoms with Gasteiger partial charge in [0.2, 0.25) is 0 Å². The minimum atomic E-state index is 0.666. The standard InChI is InChI=1S/C15H31NO3/c1-2-9-17-11-13-19-14-12-18-10-8-16-15-6-4-3-5-7-15/h15-16H,2-14H2,1H3. The van der Waals surface area contributed by atoms with Crippen molar-refractivity contribution in [1.82, 2.24) is 5.32 Å². The molecule has 4 nitrogen and oxygen atoms in total. The molecule has 1 N–H and O–H groups in total. The van der Waals surface area contributed by atoms with E-state index in [9.17, 15) is 0 Å². The van der Waals surface area contributed by atoms with Crippen LogP contribution in [0, 0.1) is 0 Å². The molecule has 19 heavy (non-hydrogen) atoms. The second-order valence-corrected chi connectivity index (χ2v) is 5.13. The van der Waals surface area contributed by atoms with Crippen molar-refractivity contribution >= 4 is 0 Å². The summed E-state index contributed by atoms with van der Waals surface area (Å²) in [5, 5.41) is 3.56. The third-order valence-corrected chi connectivity index (χ3v) is 3.38. The van der Waals surface area contributed by atoms with Gasteiger partial charge in [0.25, 0.3) is 0 Å². The molecule has 1 rings (SSSR count). The first-order valence-electron chi connectivity index (χ1n) is 7.90. The number of nitrogens with one attached hydrogen (secondary N) is 1. The molecule has 0 aromatic carbocycles. The second-order valence-electron chi connectivity index (χ2n) is 5.13. The van der Waals surface area contributed by atoms with Gasteiger partial charge >= 0.3 is 0 Å². The molecular formula is C15H31NO3. The molecule has 114 valence electrons. The first-order chi connectivity index (χ1) is 9.43. The van der Waals surface area contributed by atoms with Crippen LogP contribution in [0.15, 0.2) is 0 Å². The Balaban J connectivity index is 1.71. The Morgan fingerprint density at radius 2 is 1.37 bits per heavy atom. The van der Waals surface area contributed by atoms with Crippen molar-refractivity contribution < 1.29 is 14.2 Å². The molecular weight excluding hydrogens is 242 g/mol. The fourth-order valence-corrected chi connectivity index (χ4v) is 2.33. The van der Waals surface area contributed by atoms with Crippen LogP contribution in [-0.2, 0) is 14.2 Å². The van der Waals surface area contributed by atoms with E-state index in [1.165, 1.54) is 32.1 Å². The summed E-state index contributed by atoms with van der Waals surface area (Å²) in [6, 6.07) is 0.726. The van der Waals surface area contributed by atoms with Gasteiger partial charge in [0, 0.05) is 19.2 Å². The third kappa shape index (κ3) is 10.3. The van der Waals surface area contributed by atoms with E-state index in [0.29, 0.717) is 26.4 Å². The quantitative estimate of drug-likeness (QED) is 0.554. The maximum Gasteiger partial charge on any atom is 0.0701 e. The molecule has 0 amide bonds. The van der Waals surface area contributed by atoms with E-state index in [1.54, 1.807) is 0 Å². The van der Waals surface area contributed by atoms with Crippen molar-refractivity contribution in [2.24, 2.45) is 0 Å². The zero-order valence-corrected chi connectivity index (χ0v) is 12.5. The summed E-state index contributed by atoms with van der Waals surface area (Å²) in [5.74, 6) is 0. The summed E-state index contributed by atoms with van der Waals surface area (Å²) in [4.78, 5) is 0. The maximum absolute atomic E-state index is 5.52. The predicted molar refractivity (Wildman–Crippen MR) is 77.6 cm³/mol. The van der Waals surface area contributed by atoms with Crippen LogP contribution in [0.25, 0.3) is 0 Å². The Labute approximate surface area is 118 Å². The van der Waals surface area contributed by atoms with Crippen LogP contribution in [-0.4, -0.2) is 52.2 Å². The molecule has 0 heterocycles. The lowest BCUT2D eigenvalue weighted by molar-refractivity contribution is 0.0149. The molecule has 1 aliphatic carbocycles. The highest BCUT2D eigenvalue weighted by molar-refractivity contribution is 4.71. The molecule has 1 saturated carbocycles. The van der Waals surface area contributed by atoms with Crippen molar-refractivity contribution in [3.05, 3.63) is 0 Å². The van der Waals surface area contributed by atoms with E-state index in [4.69, 9.17) is 14.2 Å². The molecule has 0 radical (unpaired) electrons. The average molecular weight is 273 g/mol. The molecule has 1 fully saturated rings. The molecule has 1 aliphatic rings. The molecule has 0 aliphatic heterocycles. The normalized spacial score (nSPS) is 16.9. The first kappa shape index (κ1) is 16.9. The Bertz CT molecular complexity index is 184. The summed E-state index contributed by atoms with van der Waals surface area (Å²) in [6.07, 6.45) is 7.91. The van der Waals surface area contributed by atoms with E-state index < -0.39 is 0 Å². The maximum atomic E-state index is 5.52. The summed E-state index contributed by atoms with van der Waals surface area (Å²) in [5.41, 5.74) is 0. The lowest BCUT2D eigenvalue weighted by atomic mass is 9.96. The van der Waals surface area contributed by atoms with Gasteiger partial charge in [-0.2, -0.15) is 0 Å². The van der Waals surface area contributed by atoms with Crippen molar-refractivity contribution in [3.63, 3.8) is 0 Å². The minimum absolute atomic E-state index is 0.666. The van der Waals surface area contributed by atoms with Crippen LogP contribution in [0.1, 0.15) is 45.4 Å². The Kier molecular flexibility index (Phi) is 11.4. The number of hydrogen-bond donors (Lipinski definition) is 1. The van der Waals surface area contributed by atoms with Gasteiger partial charge in [0.1, 0.15) is 0 Å². The number of hydrogen-bond acceptors (Lipinski definition) is 4. The van der Waals surface area contributed by atoms with Crippen LogP contribution in [0.5, 0.6) is 0 Å². The molecule has 0 bridgehead atoms. The van der Waals surface area contributed by atoms with Crippen molar-refractivity contribution in [3.8, 4) is 0 Å². The van der Waals surface area contributed by atoms with Crippen molar-refractivity contribution in [1.29, 1.82) is 0 Å². The van der Waals surface area contributed by atoms with Gasteiger partial charge < -0.3 is 19.5 Å². The Morgan fingerprint density at radius 1 is 0.789 bits per heavy atom. The highest BCUT2D eigenvalue weighted by Crippen LogP contribution is 2.16. The fraction of sp³-hybridized carbons (Fsp3) is 1.00. The van der Waals surface area contributed by atoms with E-state index >= 15 is 0 Å². The van der Waals surface area contributed by atoms with Crippen LogP contribution >= 0.6 is 0 Å². The largest absolute Gasteiger partial charge is 0.379 e. The molecule has 0 aromatic heterocycles. The summed E-state index contributed by atoms with van der Waals surface area (Å²) < 4.78 is 16.2. The number of rotatable bonds is 12. The lowest BCUT2D eigenvalue weighted by Crippen LogP contribution is -2.33. The van der Waals surface area contributed by atoms with Gasteiger partial charge in [0.15, 0.2) is 0 Å². The highest BCUT2D eigenvalue weighted by atomic mass is 16.5. The molecule has 0 spiro atoms. The van der Waals surface area contributed by atoms with Gasteiger partial charge in [0.05, 0.1) is 33.0 Å². The number of ether oxygens (including phenoxy) is 3. The van der Waals surface area contributed by atoms with Crippen LogP contribution in [0.3, 0.4) is 0 Å². The van der Waals surface area contributed by atoms with E-state index in [1.807, 2.05) is 0 Å².